The number of nitrogens with zero attached hydrogens (tertiary/aromatic N) is 1. The van der Waals surface area contributed by atoms with Crippen LogP contribution in [0.15, 0.2) is 35.7 Å². The van der Waals surface area contributed by atoms with E-state index in [-0.39, 0.29) is 24.2 Å². The number of hydrogen-bond donors (Lipinski definition) is 2. The van der Waals surface area contributed by atoms with E-state index in [1.54, 1.807) is 6.07 Å². The van der Waals surface area contributed by atoms with Crippen LogP contribution >= 0.6 is 23.7 Å². The quantitative estimate of drug-likeness (QED) is 0.753. The van der Waals surface area contributed by atoms with E-state index in [4.69, 9.17) is 0 Å². The lowest BCUT2D eigenvalue weighted by Gasteiger charge is -2.32. The van der Waals surface area contributed by atoms with Gasteiger partial charge in [-0.1, -0.05) is 26.0 Å². The van der Waals surface area contributed by atoms with Crippen molar-refractivity contribution in [1.29, 1.82) is 0 Å². The highest BCUT2D eigenvalue weighted by atomic mass is 35.5. The van der Waals surface area contributed by atoms with Crippen LogP contribution in [0.25, 0.3) is 0 Å². The molecule has 3 rings (SSSR count). The zero-order chi connectivity index (χ0) is 19.4. The van der Waals surface area contributed by atoms with E-state index in [1.165, 1.54) is 16.9 Å². The summed E-state index contributed by atoms with van der Waals surface area (Å²) in [6.45, 7) is 5.71. The monoisotopic (exact) mass is 421 g/mol. The molecule has 1 saturated heterocycles. The summed E-state index contributed by atoms with van der Waals surface area (Å²) in [7, 11) is 1.93. The van der Waals surface area contributed by atoms with Gasteiger partial charge >= 0.3 is 0 Å². The number of rotatable bonds is 5. The molecule has 2 amide bonds. The van der Waals surface area contributed by atoms with Gasteiger partial charge in [-0.2, -0.15) is 0 Å². The zero-order valence-corrected chi connectivity index (χ0v) is 18.2. The summed E-state index contributed by atoms with van der Waals surface area (Å²) >= 11 is 1.38. The minimum atomic E-state index is -0.187. The second-order valence-corrected chi connectivity index (χ2v) is 8.19. The Bertz CT molecular complexity index is 804. The Morgan fingerprint density at radius 3 is 2.54 bits per heavy atom. The number of benzene rings is 1. The molecule has 0 aliphatic carbocycles. The van der Waals surface area contributed by atoms with E-state index in [1.807, 2.05) is 41.6 Å². The molecule has 1 aliphatic heterocycles. The van der Waals surface area contributed by atoms with Crippen molar-refractivity contribution in [1.82, 2.24) is 10.2 Å². The van der Waals surface area contributed by atoms with Crippen molar-refractivity contribution in [2.75, 3.05) is 25.5 Å². The van der Waals surface area contributed by atoms with Crippen LogP contribution < -0.4 is 10.6 Å². The Kier molecular flexibility index (Phi) is 8.04. The summed E-state index contributed by atoms with van der Waals surface area (Å²) in [6.07, 6.45) is 2.07. The first-order valence-electron chi connectivity index (χ1n) is 9.45. The van der Waals surface area contributed by atoms with E-state index in [0.717, 1.165) is 19.4 Å². The third-order valence-electron chi connectivity index (χ3n) is 5.08. The highest BCUT2D eigenvalue weighted by Crippen LogP contribution is 2.27. The van der Waals surface area contributed by atoms with Crippen LogP contribution in [0, 0.1) is 0 Å². The van der Waals surface area contributed by atoms with Crippen LogP contribution in [0.3, 0.4) is 0 Å². The first kappa shape index (κ1) is 22.4. The number of amides is 2. The number of carbonyl (C=O) groups excluding carboxylic acids is 2. The smallest absolute Gasteiger partial charge is 0.256 e. The largest absolute Gasteiger partial charge is 0.337 e. The van der Waals surface area contributed by atoms with Crippen molar-refractivity contribution >= 4 is 40.6 Å². The molecule has 1 aromatic heterocycles. The number of nitrogens with one attached hydrogen (secondary N) is 2. The Balaban J connectivity index is 0.00000280. The van der Waals surface area contributed by atoms with Crippen molar-refractivity contribution in [3.05, 3.63) is 52.4 Å². The third-order valence-corrected chi connectivity index (χ3v) is 5.91. The predicted octanol–water partition coefficient (Wildman–Crippen LogP) is 4.37. The van der Waals surface area contributed by atoms with Gasteiger partial charge in [0.15, 0.2) is 0 Å². The van der Waals surface area contributed by atoms with Crippen LogP contribution in [0.2, 0.25) is 0 Å². The van der Waals surface area contributed by atoms with Crippen LogP contribution in [0.5, 0.6) is 0 Å². The first-order chi connectivity index (χ1) is 13.0. The molecule has 0 saturated carbocycles. The molecular weight excluding hydrogens is 394 g/mol. The lowest BCUT2D eigenvalue weighted by Crippen LogP contribution is -2.47. The lowest BCUT2D eigenvalue weighted by atomic mass is 10.0. The van der Waals surface area contributed by atoms with Gasteiger partial charge in [0.2, 0.25) is 0 Å². The van der Waals surface area contributed by atoms with Gasteiger partial charge in [-0.3, -0.25) is 9.59 Å². The Hall–Kier alpha value is -1.89. The molecule has 5 nitrogen and oxygen atoms in total. The number of likely N-dealkylation sites (N-methyl/N-ethyl adjacent to an activating group) is 1. The van der Waals surface area contributed by atoms with E-state index in [0.29, 0.717) is 34.6 Å². The molecule has 0 radical (unpaired) electrons. The number of likely N-dealkylation sites (tertiary alicyclic amines) is 1. The SMILES string of the molecule is CNC1CCCN(C(=O)c2ccsc2NC(=O)c2ccc(C(C)C)cc2)C1.Cl. The van der Waals surface area contributed by atoms with Crippen LogP contribution in [-0.2, 0) is 0 Å². The fourth-order valence-corrected chi connectivity index (χ4v) is 4.11. The number of halogens is 1. The maximum Gasteiger partial charge on any atom is 0.256 e. The molecule has 2 N–H and O–H groups in total. The first-order valence-corrected chi connectivity index (χ1v) is 10.3. The summed E-state index contributed by atoms with van der Waals surface area (Å²) < 4.78 is 0. The van der Waals surface area contributed by atoms with E-state index >= 15 is 0 Å². The zero-order valence-electron chi connectivity index (χ0n) is 16.5. The molecule has 7 heteroatoms. The minimum absolute atomic E-state index is 0. The molecule has 1 atom stereocenters. The van der Waals surface area contributed by atoms with Gasteiger partial charge in [0.25, 0.3) is 11.8 Å². The summed E-state index contributed by atoms with van der Waals surface area (Å²) in [5, 5.41) is 8.64. The predicted molar refractivity (Wildman–Crippen MR) is 118 cm³/mol. The van der Waals surface area contributed by atoms with Crippen molar-refractivity contribution < 1.29 is 9.59 Å². The van der Waals surface area contributed by atoms with Gasteiger partial charge in [0, 0.05) is 24.7 Å². The molecule has 1 aromatic carbocycles. The number of piperidine rings is 1. The van der Waals surface area contributed by atoms with Crippen molar-refractivity contribution in [2.24, 2.45) is 0 Å². The van der Waals surface area contributed by atoms with Crippen molar-refractivity contribution in [3.8, 4) is 0 Å². The Morgan fingerprint density at radius 1 is 1.18 bits per heavy atom. The minimum Gasteiger partial charge on any atom is -0.337 e. The fourth-order valence-electron chi connectivity index (χ4n) is 3.34. The maximum atomic E-state index is 12.9. The van der Waals surface area contributed by atoms with Gasteiger partial charge < -0.3 is 15.5 Å². The second kappa shape index (κ2) is 10.0. The highest BCUT2D eigenvalue weighted by molar-refractivity contribution is 7.14. The molecule has 0 spiro atoms. The third kappa shape index (κ3) is 5.13. The van der Waals surface area contributed by atoms with Crippen LogP contribution in [-0.4, -0.2) is 42.9 Å². The highest BCUT2D eigenvalue weighted by Gasteiger charge is 2.26. The van der Waals surface area contributed by atoms with Gasteiger partial charge in [-0.25, -0.2) is 0 Å². The van der Waals surface area contributed by atoms with Gasteiger partial charge in [-0.05, 0) is 54.9 Å². The van der Waals surface area contributed by atoms with Gasteiger partial charge in [0.1, 0.15) is 5.00 Å². The number of thiophene rings is 1. The standard InChI is InChI=1S/C21H27N3O2S.ClH/c1-14(2)15-6-8-16(9-7-15)19(25)23-20-18(10-12-27-20)21(26)24-11-4-5-17(13-24)22-3;/h6-10,12,14,17,22H,4-5,11,13H2,1-3H3,(H,23,25);1H. The van der Waals surface area contributed by atoms with Crippen molar-refractivity contribution in [2.45, 2.75) is 38.6 Å². The average molecular weight is 422 g/mol. The van der Waals surface area contributed by atoms with Crippen LogP contribution in [0.1, 0.15) is 58.9 Å². The number of anilines is 1. The molecule has 152 valence electrons. The molecule has 2 heterocycles. The number of carbonyl (C=O) groups is 2. The normalized spacial score (nSPS) is 16.6. The molecule has 1 aliphatic rings. The summed E-state index contributed by atoms with van der Waals surface area (Å²) in [5.41, 5.74) is 2.37. The lowest BCUT2D eigenvalue weighted by molar-refractivity contribution is 0.0699. The molecule has 28 heavy (non-hydrogen) atoms. The topological polar surface area (TPSA) is 61.4 Å². The van der Waals surface area contributed by atoms with Crippen LogP contribution in [0.4, 0.5) is 5.00 Å². The number of hydrogen-bond acceptors (Lipinski definition) is 4. The molecule has 2 aromatic rings. The average Bonchev–Trinajstić information content (AvgIpc) is 3.15. The summed E-state index contributed by atoms with van der Waals surface area (Å²) in [5.74, 6) is 0.227. The molecular formula is C21H28ClN3O2S. The molecule has 0 bridgehead atoms. The summed E-state index contributed by atoms with van der Waals surface area (Å²) in [4.78, 5) is 27.4. The van der Waals surface area contributed by atoms with E-state index in [2.05, 4.69) is 24.5 Å². The Labute approximate surface area is 176 Å². The summed E-state index contributed by atoms with van der Waals surface area (Å²) in [6, 6.07) is 9.76. The fraction of sp³-hybridized carbons (Fsp3) is 0.429. The van der Waals surface area contributed by atoms with Gasteiger partial charge in [-0.15, -0.1) is 23.7 Å². The second-order valence-electron chi connectivity index (χ2n) is 7.27. The maximum absolute atomic E-state index is 12.9. The molecule has 1 fully saturated rings. The van der Waals surface area contributed by atoms with Crippen molar-refractivity contribution in [3.63, 3.8) is 0 Å². The molecule has 1 unspecified atom stereocenters. The van der Waals surface area contributed by atoms with Gasteiger partial charge in [0.05, 0.1) is 5.56 Å². The van der Waals surface area contributed by atoms with E-state index < -0.39 is 0 Å². The Morgan fingerprint density at radius 2 is 1.89 bits per heavy atom. The van der Waals surface area contributed by atoms with E-state index in [9.17, 15) is 9.59 Å².